The molecular formula is C20H18N2O4S2. The predicted octanol–water partition coefficient (Wildman–Crippen LogP) is 4.41. The summed E-state index contributed by atoms with van der Waals surface area (Å²) in [6.45, 7) is 0.0145. The van der Waals surface area contributed by atoms with Crippen molar-refractivity contribution in [2.45, 2.75) is 16.8 Å². The Hall–Kier alpha value is -2.68. The number of benzene rings is 2. The van der Waals surface area contributed by atoms with Gasteiger partial charge in [0.15, 0.2) is 0 Å². The fourth-order valence-corrected chi connectivity index (χ4v) is 4.37. The van der Waals surface area contributed by atoms with Crippen LogP contribution in [0.4, 0.5) is 5.69 Å². The van der Waals surface area contributed by atoms with Crippen LogP contribution in [0.5, 0.6) is 0 Å². The second-order valence-electron chi connectivity index (χ2n) is 5.94. The number of carbonyl (C=O) groups is 1. The number of aliphatic hydroxyl groups is 1. The first-order valence-corrected chi connectivity index (χ1v) is 10.4. The van der Waals surface area contributed by atoms with E-state index in [-0.39, 0.29) is 18.1 Å². The Kier molecular flexibility index (Phi) is 6.80. The highest BCUT2D eigenvalue weighted by Crippen LogP contribution is 2.28. The molecular weight excluding hydrogens is 396 g/mol. The van der Waals surface area contributed by atoms with Gasteiger partial charge in [0, 0.05) is 34.2 Å². The van der Waals surface area contributed by atoms with E-state index < -0.39 is 11.0 Å². The van der Waals surface area contributed by atoms with Crippen molar-refractivity contribution >= 4 is 34.7 Å². The van der Waals surface area contributed by atoms with Gasteiger partial charge in [-0.05, 0) is 41.3 Å². The van der Waals surface area contributed by atoms with E-state index >= 15 is 0 Å². The van der Waals surface area contributed by atoms with Crippen molar-refractivity contribution in [3.63, 3.8) is 0 Å². The molecule has 3 aromatic rings. The molecule has 0 saturated heterocycles. The van der Waals surface area contributed by atoms with Gasteiger partial charge >= 0.3 is 0 Å². The number of non-ortho nitro benzene ring substituents is 1. The number of hydrogen-bond donors (Lipinski definition) is 2. The molecule has 0 saturated carbocycles. The lowest BCUT2D eigenvalue weighted by atomic mass is 10.1. The molecule has 144 valence electrons. The Morgan fingerprint density at radius 1 is 1.14 bits per heavy atom. The van der Waals surface area contributed by atoms with E-state index in [1.807, 2.05) is 23.6 Å². The minimum atomic E-state index is -0.948. The molecule has 0 aliphatic heterocycles. The van der Waals surface area contributed by atoms with E-state index in [2.05, 4.69) is 11.4 Å². The zero-order valence-corrected chi connectivity index (χ0v) is 16.4. The lowest BCUT2D eigenvalue weighted by Gasteiger charge is -2.14. The van der Waals surface area contributed by atoms with Gasteiger partial charge in [-0.1, -0.05) is 18.2 Å². The molecule has 0 radical (unpaired) electrons. The summed E-state index contributed by atoms with van der Waals surface area (Å²) in [5.41, 5.74) is 1.02. The van der Waals surface area contributed by atoms with Crippen molar-refractivity contribution in [2.75, 3.05) is 6.54 Å². The van der Waals surface area contributed by atoms with Gasteiger partial charge in [-0.2, -0.15) is 0 Å². The normalized spacial score (nSPS) is 11.8. The number of thioether (sulfide) groups is 1. The summed E-state index contributed by atoms with van der Waals surface area (Å²) in [5, 5.41) is 25.7. The Morgan fingerprint density at radius 3 is 2.57 bits per heavy atom. The fraction of sp³-hybridized carbons (Fsp3) is 0.150. The number of hydrogen-bond acceptors (Lipinski definition) is 6. The third kappa shape index (κ3) is 5.19. The maximum Gasteiger partial charge on any atom is 0.269 e. The van der Waals surface area contributed by atoms with Crippen LogP contribution in [-0.2, 0) is 5.75 Å². The Morgan fingerprint density at radius 2 is 1.89 bits per heavy atom. The van der Waals surface area contributed by atoms with Crippen molar-refractivity contribution < 1.29 is 14.8 Å². The first-order chi connectivity index (χ1) is 13.5. The van der Waals surface area contributed by atoms with Crippen LogP contribution in [0, 0.1) is 10.1 Å². The van der Waals surface area contributed by atoms with Crippen molar-refractivity contribution in [1.29, 1.82) is 0 Å². The second kappa shape index (κ2) is 9.50. The van der Waals surface area contributed by atoms with Gasteiger partial charge in [-0.3, -0.25) is 14.9 Å². The smallest absolute Gasteiger partial charge is 0.269 e. The largest absolute Gasteiger partial charge is 0.387 e. The average molecular weight is 415 g/mol. The van der Waals surface area contributed by atoms with Crippen LogP contribution in [0.1, 0.15) is 26.9 Å². The van der Waals surface area contributed by atoms with Crippen LogP contribution < -0.4 is 5.32 Å². The number of rotatable bonds is 8. The lowest BCUT2D eigenvalue weighted by molar-refractivity contribution is -0.384. The van der Waals surface area contributed by atoms with Gasteiger partial charge in [-0.15, -0.1) is 23.1 Å². The summed E-state index contributed by atoms with van der Waals surface area (Å²) < 4.78 is 0. The van der Waals surface area contributed by atoms with Gasteiger partial charge in [0.05, 0.1) is 16.6 Å². The maximum atomic E-state index is 12.6. The molecule has 28 heavy (non-hydrogen) atoms. The van der Waals surface area contributed by atoms with E-state index in [1.54, 1.807) is 35.2 Å². The molecule has 1 amide bonds. The number of aliphatic hydroxyl groups excluding tert-OH is 1. The molecule has 1 heterocycles. The third-order valence-corrected chi connectivity index (χ3v) is 6.21. The SMILES string of the molecule is O=C(NCC(O)c1ccc([N+](=O)[O-])cc1)c1ccccc1SCc1cccs1. The minimum Gasteiger partial charge on any atom is -0.387 e. The molecule has 1 aromatic heterocycles. The molecule has 0 aliphatic rings. The van der Waals surface area contributed by atoms with Gasteiger partial charge in [0.2, 0.25) is 0 Å². The van der Waals surface area contributed by atoms with Crippen LogP contribution >= 0.6 is 23.1 Å². The number of nitro groups is 1. The van der Waals surface area contributed by atoms with Crippen LogP contribution in [0.25, 0.3) is 0 Å². The predicted molar refractivity (Wildman–Crippen MR) is 111 cm³/mol. The van der Waals surface area contributed by atoms with E-state index in [4.69, 9.17) is 0 Å². The van der Waals surface area contributed by atoms with Gasteiger partial charge in [-0.25, -0.2) is 0 Å². The van der Waals surface area contributed by atoms with Crippen molar-refractivity contribution in [2.24, 2.45) is 0 Å². The quantitative estimate of drug-likeness (QED) is 0.324. The number of thiophene rings is 1. The summed E-state index contributed by atoms with van der Waals surface area (Å²) in [5.74, 6) is 0.517. The van der Waals surface area contributed by atoms with E-state index in [9.17, 15) is 20.0 Å². The first-order valence-electron chi connectivity index (χ1n) is 8.49. The molecule has 2 aromatic carbocycles. The van der Waals surface area contributed by atoms with Crippen LogP contribution in [0.2, 0.25) is 0 Å². The zero-order valence-electron chi connectivity index (χ0n) is 14.8. The van der Waals surface area contributed by atoms with Crippen molar-refractivity contribution in [1.82, 2.24) is 5.32 Å². The molecule has 0 bridgehead atoms. The minimum absolute atomic E-state index is 0.0145. The van der Waals surface area contributed by atoms with Crippen LogP contribution in [0.15, 0.2) is 70.9 Å². The summed E-state index contributed by atoms with van der Waals surface area (Å²) in [6.07, 6.45) is -0.948. The lowest BCUT2D eigenvalue weighted by Crippen LogP contribution is -2.28. The monoisotopic (exact) mass is 414 g/mol. The molecule has 0 spiro atoms. The summed E-state index contributed by atoms with van der Waals surface area (Å²) in [4.78, 5) is 24.9. The number of nitro benzene ring substituents is 1. The van der Waals surface area contributed by atoms with Crippen LogP contribution in [0.3, 0.4) is 0 Å². The van der Waals surface area contributed by atoms with Crippen LogP contribution in [-0.4, -0.2) is 22.5 Å². The van der Waals surface area contributed by atoms with Gasteiger partial charge < -0.3 is 10.4 Å². The van der Waals surface area contributed by atoms with Gasteiger partial charge in [0.1, 0.15) is 0 Å². The van der Waals surface area contributed by atoms with Gasteiger partial charge in [0.25, 0.3) is 11.6 Å². The van der Waals surface area contributed by atoms with E-state index in [1.165, 1.54) is 29.1 Å². The molecule has 0 fully saturated rings. The standard InChI is InChI=1S/C20H18N2O4S2/c23-18(14-7-9-15(10-8-14)22(25)26)12-21-20(24)17-5-1-2-6-19(17)28-13-16-4-3-11-27-16/h1-11,18,23H,12-13H2,(H,21,24). The topological polar surface area (TPSA) is 92.5 Å². The maximum absolute atomic E-state index is 12.6. The number of amides is 1. The van der Waals surface area contributed by atoms with Crippen molar-refractivity contribution in [3.05, 3.63) is 92.2 Å². The second-order valence-corrected chi connectivity index (χ2v) is 7.99. The molecule has 8 heteroatoms. The molecule has 2 N–H and O–H groups in total. The third-order valence-electron chi connectivity index (χ3n) is 4.03. The number of carbonyl (C=O) groups excluding carboxylic acids is 1. The highest BCUT2D eigenvalue weighted by atomic mass is 32.2. The first kappa shape index (κ1) is 20.1. The highest BCUT2D eigenvalue weighted by Gasteiger charge is 2.15. The Bertz CT molecular complexity index is 943. The molecule has 6 nitrogen and oxygen atoms in total. The Balaban J connectivity index is 1.60. The van der Waals surface area contributed by atoms with Crippen molar-refractivity contribution in [3.8, 4) is 0 Å². The average Bonchev–Trinajstić information content (AvgIpc) is 3.24. The molecule has 1 atom stereocenters. The zero-order chi connectivity index (χ0) is 19.9. The highest BCUT2D eigenvalue weighted by molar-refractivity contribution is 7.98. The summed E-state index contributed by atoms with van der Waals surface area (Å²) >= 11 is 3.27. The number of nitrogens with one attached hydrogen (secondary N) is 1. The fourth-order valence-electron chi connectivity index (χ4n) is 2.54. The number of nitrogens with zero attached hydrogens (tertiary/aromatic N) is 1. The van der Waals surface area contributed by atoms with E-state index in [0.29, 0.717) is 11.1 Å². The molecule has 0 aliphatic carbocycles. The summed E-state index contributed by atoms with van der Waals surface area (Å²) in [6, 6.07) is 17.0. The molecule has 1 unspecified atom stereocenters. The Labute approximate surface area is 170 Å². The van der Waals surface area contributed by atoms with E-state index in [0.717, 1.165) is 10.6 Å². The molecule has 3 rings (SSSR count). The summed E-state index contributed by atoms with van der Waals surface area (Å²) in [7, 11) is 0.